The van der Waals surface area contributed by atoms with Crippen LogP contribution in [0.4, 0.5) is 0 Å². The molecule has 1 N–H and O–H groups in total. The summed E-state index contributed by atoms with van der Waals surface area (Å²) in [6.45, 7) is 6.66. The first kappa shape index (κ1) is 15.2. The maximum atomic E-state index is 11.9. The van der Waals surface area contributed by atoms with Gasteiger partial charge < -0.3 is 5.32 Å². The number of rotatable bonds is 6. The molecular formula is C14H22N6O. The van der Waals surface area contributed by atoms with Crippen LogP contribution in [0.25, 0.3) is 0 Å². The molecule has 0 bridgehead atoms. The van der Waals surface area contributed by atoms with Crippen LogP contribution in [-0.4, -0.2) is 30.5 Å². The van der Waals surface area contributed by atoms with Crippen LogP contribution in [0.15, 0.2) is 12.4 Å². The van der Waals surface area contributed by atoms with E-state index < -0.39 is 0 Å². The molecule has 21 heavy (non-hydrogen) atoms. The standard InChI is InChI=1S/C14H22N6O/c1-10-8-11(2)20(18-10)7-5-6-13(21)17-12(3)14-15-9-16-19(14)4/h8-9,12H,5-7H2,1-4H3,(H,17,21)/t12-/m0/s1. The molecular weight excluding hydrogens is 268 g/mol. The second-order valence-corrected chi connectivity index (χ2v) is 5.28. The van der Waals surface area contributed by atoms with Crippen molar-refractivity contribution in [1.29, 1.82) is 0 Å². The van der Waals surface area contributed by atoms with Gasteiger partial charge in [-0.1, -0.05) is 0 Å². The lowest BCUT2D eigenvalue weighted by atomic mass is 10.2. The highest BCUT2D eigenvalue weighted by molar-refractivity contribution is 5.76. The number of aryl methyl sites for hydroxylation is 4. The molecule has 1 atom stereocenters. The summed E-state index contributed by atoms with van der Waals surface area (Å²) in [5, 5.41) is 11.3. The molecule has 0 saturated carbocycles. The second kappa shape index (κ2) is 6.51. The summed E-state index contributed by atoms with van der Waals surface area (Å²) in [5.41, 5.74) is 2.13. The van der Waals surface area contributed by atoms with E-state index >= 15 is 0 Å². The summed E-state index contributed by atoms with van der Waals surface area (Å²) in [6, 6.07) is 1.90. The van der Waals surface area contributed by atoms with Crippen LogP contribution in [0.1, 0.15) is 43.0 Å². The maximum absolute atomic E-state index is 11.9. The number of hydrogen-bond acceptors (Lipinski definition) is 4. The average Bonchev–Trinajstić information content (AvgIpc) is 2.95. The first-order valence-corrected chi connectivity index (χ1v) is 7.11. The highest BCUT2D eigenvalue weighted by Crippen LogP contribution is 2.08. The zero-order valence-electron chi connectivity index (χ0n) is 13.0. The summed E-state index contributed by atoms with van der Waals surface area (Å²) in [4.78, 5) is 16.1. The van der Waals surface area contributed by atoms with Crippen LogP contribution in [0.2, 0.25) is 0 Å². The monoisotopic (exact) mass is 290 g/mol. The third-order valence-electron chi connectivity index (χ3n) is 3.39. The molecule has 7 nitrogen and oxygen atoms in total. The minimum atomic E-state index is -0.140. The number of aromatic nitrogens is 5. The predicted octanol–water partition coefficient (Wildman–Crippen LogP) is 1.29. The lowest BCUT2D eigenvalue weighted by molar-refractivity contribution is -0.121. The van der Waals surface area contributed by atoms with E-state index in [2.05, 4.69) is 20.5 Å². The van der Waals surface area contributed by atoms with Crippen molar-refractivity contribution in [1.82, 2.24) is 29.9 Å². The van der Waals surface area contributed by atoms with E-state index in [0.29, 0.717) is 6.42 Å². The van der Waals surface area contributed by atoms with E-state index in [1.807, 2.05) is 38.6 Å². The van der Waals surface area contributed by atoms with Gasteiger partial charge in [-0.05, 0) is 33.3 Å². The molecule has 2 aromatic heterocycles. The molecule has 2 rings (SSSR count). The van der Waals surface area contributed by atoms with Crippen molar-refractivity contribution in [2.24, 2.45) is 7.05 Å². The first-order chi connectivity index (χ1) is 9.97. The van der Waals surface area contributed by atoms with Crippen LogP contribution < -0.4 is 5.32 Å². The van der Waals surface area contributed by atoms with Gasteiger partial charge in [-0.3, -0.25) is 14.2 Å². The summed E-state index contributed by atoms with van der Waals surface area (Å²) in [5.74, 6) is 0.772. The molecule has 114 valence electrons. The topological polar surface area (TPSA) is 77.6 Å². The predicted molar refractivity (Wildman–Crippen MR) is 78.5 cm³/mol. The van der Waals surface area contributed by atoms with Crippen molar-refractivity contribution < 1.29 is 4.79 Å². The average molecular weight is 290 g/mol. The van der Waals surface area contributed by atoms with E-state index in [-0.39, 0.29) is 11.9 Å². The molecule has 2 heterocycles. The SMILES string of the molecule is Cc1cc(C)n(CCCC(=O)N[C@@H](C)c2ncnn2C)n1. The van der Waals surface area contributed by atoms with Crippen molar-refractivity contribution >= 4 is 5.91 Å². The van der Waals surface area contributed by atoms with Crippen LogP contribution >= 0.6 is 0 Å². The Morgan fingerprint density at radius 1 is 1.43 bits per heavy atom. The number of hydrogen-bond donors (Lipinski definition) is 1. The van der Waals surface area contributed by atoms with E-state index in [4.69, 9.17) is 0 Å². The summed E-state index contributed by atoms with van der Waals surface area (Å²) in [6.07, 6.45) is 2.72. The van der Waals surface area contributed by atoms with E-state index in [9.17, 15) is 4.79 Å². The van der Waals surface area contributed by atoms with Crippen LogP contribution in [0, 0.1) is 13.8 Å². The Balaban J connectivity index is 1.77. The van der Waals surface area contributed by atoms with Gasteiger partial charge in [0.2, 0.25) is 5.91 Å². The smallest absolute Gasteiger partial charge is 0.220 e. The third kappa shape index (κ3) is 3.90. The first-order valence-electron chi connectivity index (χ1n) is 7.11. The Morgan fingerprint density at radius 3 is 2.76 bits per heavy atom. The molecule has 0 aliphatic carbocycles. The van der Waals surface area contributed by atoms with Crippen LogP contribution in [0.5, 0.6) is 0 Å². The number of nitrogens with one attached hydrogen (secondary N) is 1. The lowest BCUT2D eigenvalue weighted by Crippen LogP contribution is -2.28. The molecule has 0 radical (unpaired) electrons. The fourth-order valence-electron chi connectivity index (χ4n) is 2.37. The summed E-state index contributed by atoms with van der Waals surface area (Å²) in [7, 11) is 1.81. The van der Waals surface area contributed by atoms with Gasteiger partial charge in [0.25, 0.3) is 0 Å². The zero-order valence-corrected chi connectivity index (χ0v) is 13.0. The fraction of sp³-hybridized carbons (Fsp3) is 0.571. The Hall–Kier alpha value is -2.18. The van der Waals surface area contributed by atoms with Gasteiger partial charge in [-0.25, -0.2) is 4.98 Å². The number of carbonyl (C=O) groups excluding carboxylic acids is 1. The Morgan fingerprint density at radius 2 is 2.19 bits per heavy atom. The van der Waals surface area contributed by atoms with Gasteiger partial charge in [-0.2, -0.15) is 10.2 Å². The number of carbonyl (C=O) groups is 1. The number of amides is 1. The van der Waals surface area contributed by atoms with Crippen molar-refractivity contribution in [3.8, 4) is 0 Å². The summed E-state index contributed by atoms with van der Waals surface area (Å²) >= 11 is 0. The quantitative estimate of drug-likeness (QED) is 0.869. The Kier molecular flexibility index (Phi) is 4.72. The Bertz CT molecular complexity index is 615. The lowest BCUT2D eigenvalue weighted by Gasteiger charge is -2.13. The normalized spacial score (nSPS) is 12.4. The van der Waals surface area contributed by atoms with E-state index in [0.717, 1.165) is 30.2 Å². The van der Waals surface area contributed by atoms with Gasteiger partial charge in [0.05, 0.1) is 11.7 Å². The highest BCUT2D eigenvalue weighted by atomic mass is 16.1. The fourth-order valence-corrected chi connectivity index (χ4v) is 2.37. The highest BCUT2D eigenvalue weighted by Gasteiger charge is 2.13. The zero-order chi connectivity index (χ0) is 15.4. The molecule has 0 aromatic carbocycles. The van der Waals surface area contributed by atoms with Gasteiger partial charge in [-0.15, -0.1) is 0 Å². The minimum absolute atomic E-state index is 0.0204. The summed E-state index contributed by atoms with van der Waals surface area (Å²) < 4.78 is 3.61. The van der Waals surface area contributed by atoms with Crippen molar-refractivity contribution in [2.75, 3.05) is 0 Å². The molecule has 0 spiro atoms. The van der Waals surface area contributed by atoms with Crippen molar-refractivity contribution in [3.63, 3.8) is 0 Å². The van der Waals surface area contributed by atoms with Crippen molar-refractivity contribution in [2.45, 2.75) is 46.2 Å². The van der Waals surface area contributed by atoms with E-state index in [1.165, 1.54) is 6.33 Å². The maximum Gasteiger partial charge on any atom is 0.220 e. The molecule has 7 heteroatoms. The van der Waals surface area contributed by atoms with Gasteiger partial charge in [0, 0.05) is 25.7 Å². The largest absolute Gasteiger partial charge is 0.346 e. The van der Waals surface area contributed by atoms with E-state index in [1.54, 1.807) is 4.68 Å². The molecule has 0 aliphatic rings. The van der Waals surface area contributed by atoms with Gasteiger partial charge >= 0.3 is 0 Å². The van der Waals surface area contributed by atoms with Crippen molar-refractivity contribution in [3.05, 3.63) is 29.6 Å². The molecule has 0 saturated heterocycles. The number of nitrogens with zero attached hydrogens (tertiary/aromatic N) is 5. The molecule has 2 aromatic rings. The third-order valence-corrected chi connectivity index (χ3v) is 3.39. The molecule has 0 aliphatic heterocycles. The molecule has 1 amide bonds. The second-order valence-electron chi connectivity index (χ2n) is 5.28. The van der Waals surface area contributed by atoms with Gasteiger partial charge in [0.15, 0.2) is 0 Å². The molecule has 0 fully saturated rings. The van der Waals surface area contributed by atoms with Gasteiger partial charge in [0.1, 0.15) is 12.2 Å². The van der Waals surface area contributed by atoms with Crippen LogP contribution in [-0.2, 0) is 18.4 Å². The molecule has 0 unspecified atom stereocenters. The minimum Gasteiger partial charge on any atom is -0.346 e. The van der Waals surface area contributed by atoms with Crippen LogP contribution in [0.3, 0.4) is 0 Å². The Labute approximate surface area is 124 Å².